The van der Waals surface area contributed by atoms with Crippen molar-refractivity contribution in [1.29, 1.82) is 0 Å². The topological polar surface area (TPSA) is 95.6 Å². The van der Waals surface area contributed by atoms with Crippen LogP contribution in [-0.2, 0) is 13.6 Å². The molecule has 2 aromatic heterocycles. The fourth-order valence-corrected chi connectivity index (χ4v) is 2.25. The number of halogens is 1. The van der Waals surface area contributed by atoms with Gasteiger partial charge in [-0.2, -0.15) is 5.10 Å². The second kappa shape index (κ2) is 5.10. The van der Waals surface area contributed by atoms with Gasteiger partial charge in [0.05, 0.1) is 17.8 Å². The number of fused-ring (bicyclic) bond motifs is 1. The van der Waals surface area contributed by atoms with Crippen molar-refractivity contribution < 1.29 is 0 Å². The van der Waals surface area contributed by atoms with E-state index in [9.17, 15) is 9.59 Å². The smallest absolute Gasteiger partial charge is 0.329 e. The van der Waals surface area contributed by atoms with Crippen LogP contribution in [0.25, 0.3) is 10.9 Å². The van der Waals surface area contributed by atoms with E-state index in [0.717, 1.165) is 16.6 Å². The molecule has 2 heterocycles. The van der Waals surface area contributed by atoms with E-state index >= 15 is 0 Å². The van der Waals surface area contributed by atoms with Crippen molar-refractivity contribution in [2.75, 3.05) is 5.32 Å². The Morgan fingerprint density at radius 2 is 2.14 bits per heavy atom. The molecule has 3 rings (SSSR count). The van der Waals surface area contributed by atoms with Crippen molar-refractivity contribution in [2.24, 2.45) is 7.05 Å². The molecule has 0 amide bonds. The van der Waals surface area contributed by atoms with E-state index in [4.69, 9.17) is 11.6 Å². The number of hydrogen-bond acceptors (Lipinski definition) is 4. The van der Waals surface area contributed by atoms with Crippen molar-refractivity contribution in [1.82, 2.24) is 19.7 Å². The second-order valence-corrected chi connectivity index (χ2v) is 5.04. The van der Waals surface area contributed by atoms with E-state index in [2.05, 4.69) is 20.5 Å². The average Bonchev–Trinajstić information content (AvgIpc) is 2.83. The van der Waals surface area contributed by atoms with Crippen LogP contribution in [0, 0.1) is 0 Å². The molecule has 0 radical (unpaired) electrons. The molecular weight excluding hydrogens is 294 g/mol. The average molecular weight is 306 g/mol. The van der Waals surface area contributed by atoms with Crippen molar-refractivity contribution >= 4 is 28.3 Å². The molecule has 0 atom stereocenters. The van der Waals surface area contributed by atoms with E-state index < -0.39 is 11.2 Å². The molecule has 0 fully saturated rings. The monoisotopic (exact) mass is 305 g/mol. The molecule has 0 bridgehead atoms. The Hall–Kier alpha value is -2.54. The minimum absolute atomic E-state index is 0.383. The van der Waals surface area contributed by atoms with Gasteiger partial charge in [0.2, 0.25) is 0 Å². The van der Waals surface area contributed by atoms with Crippen LogP contribution in [-0.4, -0.2) is 19.7 Å². The van der Waals surface area contributed by atoms with Crippen LogP contribution < -0.4 is 16.6 Å². The third-order valence-corrected chi connectivity index (χ3v) is 3.44. The van der Waals surface area contributed by atoms with Gasteiger partial charge in [-0.15, -0.1) is 0 Å². The maximum atomic E-state index is 11.5. The first-order chi connectivity index (χ1) is 10.0. The molecule has 0 saturated carbocycles. The Morgan fingerprint density at radius 1 is 1.33 bits per heavy atom. The Bertz CT molecular complexity index is 924. The fourth-order valence-electron chi connectivity index (χ4n) is 2.07. The zero-order valence-electron chi connectivity index (χ0n) is 11.1. The number of anilines is 1. The van der Waals surface area contributed by atoms with Crippen molar-refractivity contribution in [3.05, 3.63) is 55.8 Å². The minimum Gasteiger partial charge on any atom is -0.366 e. The largest absolute Gasteiger partial charge is 0.366 e. The predicted molar refractivity (Wildman–Crippen MR) is 80.7 cm³/mol. The van der Waals surface area contributed by atoms with E-state index in [1.165, 1.54) is 10.6 Å². The Labute approximate surface area is 123 Å². The molecule has 3 aromatic rings. The first kappa shape index (κ1) is 13.4. The van der Waals surface area contributed by atoms with E-state index in [1.807, 2.05) is 12.1 Å². The van der Waals surface area contributed by atoms with Crippen LogP contribution in [0.2, 0.25) is 5.02 Å². The summed E-state index contributed by atoms with van der Waals surface area (Å²) < 4.78 is 1.33. The molecule has 0 saturated heterocycles. The number of aromatic nitrogens is 4. The fraction of sp³-hybridized carbons (Fsp3) is 0.154. The van der Waals surface area contributed by atoms with Crippen LogP contribution in [0.4, 0.5) is 5.82 Å². The molecule has 1 aromatic carbocycles. The highest BCUT2D eigenvalue weighted by Crippen LogP contribution is 2.21. The molecule has 21 heavy (non-hydrogen) atoms. The van der Waals surface area contributed by atoms with Gasteiger partial charge in [-0.25, -0.2) is 4.79 Å². The summed E-state index contributed by atoms with van der Waals surface area (Å²) in [5, 5.41) is 11.6. The highest BCUT2D eigenvalue weighted by atomic mass is 35.5. The lowest BCUT2D eigenvalue weighted by atomic mass is 10.2. The van der Waals surface area contributed by atoms with Crippen molar-refractivity contribution in [3.8, 4) is 0 Å². The van der Waals surface area contributed by atoms with Crippen molar-refractivity contribution in [2.45, 2.75) is 6.54 Å². The van der Waals surface area contributed by atoms with Gasteiger partial charge in [0.15, 0.2) is 0 Å². The number of benzene rings is 1. The molecule has 7 nitrogen and oxygen atoms in total. The Morgan fingerprint density at radius 3 is 2.95 bits per heavy atom. The summed E-state index contributed by atoms with van der Waals surface area (Å²) in [7, 11) is 1.57. The van der Waals surface area contributed by atoms with E-state index in [-0.39, 0.29) is 0 Å². The maximum Gasteiger partial charge on any atom is 0.329 e. The Kier molecular flexibility index (Phi) is 3.26. The molecule has 8 heteroatoms. The van der Waals surface area contributed by atoms with Gasteiger partial charge >= 0.3 is 5.69 Å². The lowest BCUT2D eigenvalue weighted by molar-refractivity contribution is 0.797. The lowest BCUT2D eigenvalue weighted by Gasteiger charge is -2.09. The zero-order chi connectivity index (χ0) is 15.0. The maximum absolute atomic E-state index is 11.5. The lowest BCUT2D eigenvalue weighted by Crippen LogP contribution is -2.29. The van der Waals surface area contributed by atoms with Crippen LogP contribution in [0.1, 0.15) is 5.69 Å². The Balaban J connectivity index is 1.92. The highest BCUT2D eigenvalue weighted by Gasteiger charge is 2.07. The van der Waals surface area contributed by atoms with Gasteiger partial charge in [-0.1, -0.05) is 11.6 Å². The first-order valence-corrected chi connectivity index (χ1v) is 6.59. The summed E-state index contributed by atoms with van der Waals surface area (Å²) in [5.41, 5.74) is 0.705. The third-order valence-electron chi connectivity index (χ3n) is 3.21. The molecule has 3 N–H and O–H groups in total. The van der Waals surface area contributed by atoms with Gasteiger partial charge in [-0.05, 0) is 18.2 Å². The molecule has 0 spiro atoms. The summed E-state index contributed by atoms with van der Waals surface area (Å²) >= 11 is 5.98. The molecular formula is C13H12ClN5O2. The van der Waals surface area contributed by atoms with Crippen LogP contribution in [0.5, 0.6) is 0 Å². The molecule has 0 aliphatic carbocycles. The molecule has 0 aliphatic heterocycles. The summed E-state index contributed by atoms with van der Waals surface area (Å²) in [6.07, 6.45) is 0. The quantitative estimate of drug-likeness (QED) is 0.678. The highest BCUT2D eigenvalue weighted by molar-refractivity contribution is 6.31. The zero-order valence-corrected chi connectivity index (χ0v) is 11.9. The summed E-state index contributed by atoms with van der Waals surface area (Å²) in [4.78, 5) is 25.0. The molecule has 108 valence electrons. The number of nitrogens with zero attached hydrogens (tertiary/aromatic N) is 2. The summed E-state index contributed by atoms with van der Waals surface area (Å²) in [6, 6.07) is 6.73. The third kappa shape index (κ3) is 2.55. The predicted octanol–water partition coefficient (Wildman–Crippen LogP) is 1.22. The SMILES string of the molecule is Cn1c(NCc2[nH]nc3ccc(Cl)cc23)cc(=O)[nH]c1=O. The van der Waals surface area contributed by atoms with Crippen molar-refractivity contribution in [3.63, 3.8) is 0 Å². The van der Waals surface area contributed by atoms with Gasteiger partial charge in [0, 0.05) is 23.5 Å². The van der Waals surface area contributed by atoms with Crippen LogP contribution >= 0.6 is 11.6 Å². The number of aromatic amines is 2. The number of hydrogen-bond donors (Lipinski definition) is 3. The summed E-state index contributed by atoms with van der Waals surface area (Å²) in [5.74, 6) is 0.425. The number of rotatable bonds is 3. The van der Waals surface area contributed by atoms with E-state index in [1.54, 1.807) is 13.1 Å². The van der Waals surface area contributed by atoms with E-state index in [0.29, 0.717) is 17.4 Å². The second-order valence-electron chi connectivity index (χ2n) is 4.60. The van der Waals surface area contributed by atoms with Gasteiger partial charge in [-0.3, -0.25) is 19.4 Å². The normalized spacial score (nSPS) is 11.0. The van der Waals surface area contributed by atoms with Gasteiger partial charge in [0.1, 0.15) is 5.82 Å². The van der Waals surface area contributed by atoms with Gasteiger partial charge in [0.25, 0.3) is 5.56 Å². The first-order valence-electron chi connectivity index (χ1n) is 6.21. The van der Waals surface area contributed by atoms with Gasteiger partial charge < -0.3 is 5.32 Å². The minimum atomic E-state index is -0.470. The molecule has 0 unspecified atom stereocenters. The molecule has 0 aliphatic rings. The number of H-pyrrole nitrogens is 2. The van der Waals surface area contributed by atoms with Crippen LogP contribution in [0.15, 0.2) is 33.9 Å². The number of nitrogens with one attached hydrogen (secondary N) is 3. The summed E-state index contributed by atoms with van der Waals surface area (Å²) in [6.45, 7) is 0.383. The van der Waals surface area contributed by atoms with Crippen LogP contribution in [0.3, 0.4) is 0 Å². The standard InChI is InChI=1S/C13H12ClN5O2/c1-19-11(5-12(20)16-13(19)21)15-6-10-8-4-7(14)2-3-9(8)17-18-10/h2-5,15H,6H2,1H3,(H,17,18)(H,16,20,21).